The summed E-state index contributed by atoms with van der Waals surface area (Å²) in [6.45, 7) is 2.16. The molecule has 1 fully saturated rings. The molecule has 0 aliphatic heterocycles. The predicted molar refractivity (Wildman–Crippen MR) is 145 cm³/mol. The minimum Gasteiger partial charge on any atom is -0.461 e. The normalized spacial score (nSPS) is 21.2. The molecule has 0 heterocycles. The molecular formula is C30H47NO8. The molecule has 39 heavy (non-hydrogen) atoms. The number of allylic oxidation sites excluding steroid dienone is 2. The summed E-state index contributed by atoms with van der Waals surface area (Å²) in [5, 5.41) is 38.0. The molecule has 4 atom stereocenters. The Bertz CT molecular complexity index is 874. The molecule has 0 unspecified atom stereocenters. The van der Waals surface area contributed by atoms with Gasteiger partial charge in [0.05, 0.1) is 24.2 Å². The first-order valence-corrected chi connectivity index (χ1v) is 14.4. The smallest absolute Gasteiger partial charge is 0.306 e. The third-order valence-electron chi connectivity index (χ3n) is 7.51. The number of Topliss-reactive ketones (excluding diaryl/α,β-unsaturated/α-hetero) is 1. The number of rotatable bonds is 20. The van der Waals surface area contributed by atoms with Gasteiger partial charge in [-0.05, 0) is 61.5 Å². The van der Waals surface area contributed by atoms with Gasteiger partial charge in [-0.3, -0.25) is 20.0 Å². The van der Waals surface area contributed by atoms with Crippen molar-refractivity contribution in [1.29, 1.82) is 0 Å². The van der Waals surface area contributed by atoms with Crippen LogP contribution in [0, 0.1) is 11.8 Å². The third-order valence-corrected chi connectivity index (χ3v) is 7.51. The molecule has 0 radical (unpaired) electrons. The van der Waals surface area contributed by atoms with Crippen molar-refractivity contribution >= 4 is 11.8 Å². The first-order valence-electron chi connectivity index (χ1n) is 14.4. The number of aliphatic hydroxyl groups is 2. The highest BCUT2D eigenvalue weighted by molar-refractivity contribution is 5.78. The lowest BCUT2D eigenvalue weighted by Crippen LogP contribution is -2.22. The number of carbonyl (C=O) groups excluding carboxylic acids is 2. The molecule has 220 valence electrons. The monoisotopic (exact) mass is 549 g/mol. The van der Waals surface area contributed by atoms with Crippen LogP contribution in [0.3, 0.4) is 0 Å². The summed E-state index contributed by atoms with van der Waals surface area (Å²) < 4.78 is 5.35. The topological polar surface area (TPSA) is 137 Å². The molecule has 1 aliphatic carbocycles. The summed E-state index contributed by atoms with van der Waals surface area (Å²) in [5.41, 5.74) is 1.39. The quantitative estimate of drug-likeness (QED) is 0.0726. The summed E-state index contributed by atoms with van der Waals surface area (Å²) in [6.07, 6.45) is 12.7. The van der Waals surface area contributed by atoms with Crippen LogP contribution < -0.4 is 0 Å². The van der Waals surface area contributed by atoms with Crippen molar-refractivity contribution < 1.29 is 39.8 Å². The van der Waals surface area contributed by atoms with E-state index >= 15 is 0 Å². The van der Waals surface area contributed by atoms with E-state index in [-0.39, 0.29) is 48.6 Å². The van der Waals surface area contributed by atoms with Crippen LogP contribution in [-0.4, -0.2) is 50.0 Å². The number of benzene rings is 1. The van der Waals surface area contributed by atoms with Crippen molar-refractivity contribution in [2.75, 3.05) is 0 Å². The molecular weight excluding hydrogens is 502 g/mol. The van der Waals surface area contributed by atoms with Gasteiger partial charge < -0.3 is 14.9 Å². The van der Waals surface area contributed by atoms with Crippen molar-refractivity contribution in [2.45, 2.75) is 116 Å². The number of unbranched alkanes of at least 4 members (excludes halogenated alkanes) is 5. The summed E-state index contributed by atoms with van der Waals surface area (Å²) in [4.78, 5) is 29.1. The van der Waals surface area contributed by atoms with E-state index < -0.39 is 12.2 Å². The highest BCUT2D eigenvalue weighted by Gasteiger charge is 2.40. The second kappa shape index (κ2) is 19.0. The Balaban J connectivity index is 1.66. The van der Waals surface area contributed by atoms with E-state index in [2.05, 4.69) is 11.8 Å². The summed E-state index contributed by atoms with van der Waals surface area (Å²) >= 11 is 0. The first kappa shape index (κ1) is 33.1. The van der Waals surface area contributed by atoms with Gasteiger partial charge in [-0.15, -0.1) is 0 Å². The van der Waals surface area contributed by atoms with Gasteiger partial charge in [0.15, 0.2) is 0 Å². The number of esters is 1. The molecule has 9 nitrogen and oxygen atoms in total. The fourth-order valence-electron chi connectivity index (χ4n) is 5.22. The first-order chi connectivity index (χ1) is 18.8. The van der Waals surface area contributed by atoms with Crippen LogP contribution in [0.1, 0.15) is 102 Å². The van der Waals surface area contributed by atoms with Gasteiger partial charge in [0.2, 0.25) is 0 Å². The molecule has 0 spiro atoms. The van der Waals surface area contributed by atoms with Gasteiger partial charge in [0.1, 0.15) is 12.4 Å². The standard InChI is InChI=1S/C30H47NO8/c1-2-3-4-5-8-15-25(32)18-19-27-26(28(33)20-29(27)34)16-9-6-7-10-17-30(35)38-21-23-13-11-12-14-24(23)22-39-31(36)37/h6,9,11-14,26-29,33-34,36-37H,2-5,7-8,10,15-22H2,1H3/b9-6-/t26-,27-,28+,29-/m1/s1. The number of hydrogen-bond donors (Lipinski definition) is 4. The summed E-state index contributed by atoms with van der Waals surface area (Å²) in [7, 11) is 0. The largest absolute Gasteiger partial charge is 0.461 e. The Hall–Kier alpha value is -2.14. The lowest BCUT2D eigenvalue weighted by molar-refractivity contribution is -0.497. The zero-order valence-corrected chi connectivity index (χ0v) is 23.2. The number of carbonyl (C=O) groups is 2. The van der Waals surface area contributed by atoms with Crippen molar-refractivity contribution in [1.82, 2.24) is 5.39 Å². The molecule has 0 amide bonds. The van der Waals surface area contributed by atoms with Gasteiger partial charge >= 0.3 is 5.97 Å². The highest BCUT2D eigenvalue weighted by atomic mass is 17.1. The predicted octanol–water partition coefficient (Wildman–Crippen LogP) is 5.43. The molecule has 0 aromatic heterocycles. The fourth-order valence-corrected chi connectivity index (χ4v) is 5.22. The Morgan fingerprint density at radius 1 is 0.897 bits per heavy atom. The molecule has 1 aromatic carbocycles. The van der Waals surface area contributed by atoms with Crippen LogP contribution >= 0.6 is 0 Å². The number of ether oxygens (including phenoxy) is 1. The maximum Gasteiger partial charge on any atom is 0.306 e. The van der Waals surface area contributed by atoms with Gasteiger partial charge in [-0.2, -0.15) is 0 Å². The zero-order valence-electron chi connectivity index (χ0n) is 23.2. The van der Waals surface area contributed by atoms with Crippen LogP contribution in [0.5, 0.6) is 0 Å². The van der Waals surface area contributed by atoms with E-state index in [0.717, 1.165) is 12.8 Å². The molecule has 1 saturated carbocycles. The SMILES string of the molecule is CCCCCCCC(=O)CC[C@@H]1[C@@H](C/C=C\CCCC(=O)OCc2ccccc2CON(O)O)[C@@H](O)C[C@H]1O. The van der Waals surface area contributed by atoms with E-state index in [1.165, 1.54) is 19.3 Å². The Morgan fingerprint density at radius 2 is 1.59 bits per heavy atom. The molecule has 1 aromatic rings. The lowest BCUT2D eigenvalue weighted by atomic mass is 9.86. The molecule has 0 saturated heterocycles. The molecule has 1 aliphatic rings. The van der Waals surface area contributed by atoms with Gasteiger partial charge in [0.25, 0.3) is 0 Å². The van der Waals surface area contributed by atoms with Gasteiger partial charge in [0, 0.05) is 19.3 Å². The highest BCUT2D eigenvalue weighted by Crippen LogP contribution is 2.38. The number of nitrogens with zero attached hydrogens (tertiary/aromatic N) is 1. The van der Waals surface area contributed by atoms with Gasteiger partial charge in [-0.25, -0.2) is 4.84 Å². The second-order valence-corrected chi connectivity index (χ2v) is 10.5. The van der Waals surface area contributed by atoms with Crippen LogP contribution in [-0.2, 0) is 32.4 Å². The van der Waals surface area contributed by atoms with Crippen LogP contribution in [0.15, 0.2) is 36.4 Å². The van der Waals surface area contributed by atoms with E-state index in [4.69, 9.17) is 15.2 Å². The van der Waals surface area contributed by atoms with Crippen LogP contribution in [0.4, 0.5) is 0 Å². The second-order valence-electron chi connectivity index (χ2n) is 10.5. The molecule has 4 N–H and O–H groups in total. The van der Waals surface area contributed by atoms with Crippen molar-refractivity contribution in [2.24, 2.45) is 11.8 Å². The Kier molecular flexibility index (Phi) is 16.1. The van der Waals surface area contributed by atoms with Crippen molar-refractivity contribution in [3.8, 4) is 0 Å². The van der Waals surface area contributed by atoms with Crippen molar-refractivity contribution in [3.05, 3.63) is 47.5 Å². The average molecular weight is 550 g/mol. The third kappa shape index (κ3) is 13.2. The molecule has 9 heteroatoms. The Morgan fingerprint density at radius 3 is 2.31 bits per heavy atom. The molecule has 0 bridgehead atoms. The van der Waals surface area contributed by atoms with Crippen LogP contribution in [0.2, 0.25) is 0 Å². The minimum absolute atomic E-state index is 0.0636. The summed E-state index contributed by atoms with van der Waals surface area (Å²) in [6, 6.07) is 7.10. The number of aliphatic hydroxyl groups excluding tert-OH is 2. The van der Waals surface area contributed by atoms with E-state index in [9.17, 15) is 19.8 Å². The summed E-state index contributed by atoms with van der Waals surface area (Å²) in [5.74, 6) is -0.212. The van der Waals surface area contributed by atoms with Crippen molar-refractivity contribution in [3.63, 3.8) is 0 Å². The lowest BCUT2D eigenvalue weighted by Gasteiger charge is -2.22. The van der Waals surface area contributed by atoms with Crippen LogP contribution in [0.25, 0.3) is 0 Å². The number of ketones is 1. The number of hydrogen-bond acceptors (Lipinski definition) is 9. The maximum atomic E-state index is 12.3. The van der Waals surface area contributed by atoms with Gasteiger partial charge in [-0.1, -0.05) is 69.0 Å². The maximum absolute atomic E-state index is 12.3. The van der Waals surface area contributed by atoms with E-state index in [0.29, 0.717) is 56.1 Å². The average Bonchev–Trinajstić information content (AvgIpc) is 3.18. The van der Waals surface area contributed by atoms with E-state index in [1.807, 2.05) is 12.2 Å². The molecule has 2 rings (SSSR count). The fraction of sp³-hybridized carbons (Fsp3) is 0.667. The zero-order chi connectivity index (χ0) is 28.5. The Labute approximate surface area is 232 Å². The minimum atomic E-state index is -0.576. The van der Waals surface area contributed by atoms with E-state index in [1.54, 1.807) is 24.3 Å².